The molecule has 1 N–H and O–H groups in total. The number of hydrogen-bond acceptors (Lipinski definition) is 5. The van der Waals surface area contributed by atoms with Crippen LogP contribution in [0.25, 0.3) is 0 Å². The monoisotopic (exact) mass is 304 g/mol. The molecule has 1 aromatic heterocycles. The van der Waals surface area contributed by atoms with Crippen LogP contribution in [0.4, 0.5) is 10.8 Å². The number of fused-ring (bicyclic) bond motifs is 1. The van der Waals surface area contributed by atoms with Crippen LogP contribution in [0, 0.1) is 6.92 Å². The molecule has 2 aromatic rings. The van der Waals surface area contributed by atoms with E-state index >= 15 is 0 Å². The molecule has 0 bridgehead atoms. The van der Waals surface area contributed by atoms with Gasteiger partial charge in [0.2, 0.25) is 0 Å². The molecule has 0 fully saturated rings. The van der Waals surface area contributed by atoms with E-state index in [9.17, 15) is 5.11 Å². The number of anilines is 2. The lowest BCUT2D eigenvalue weighted by Crippen LogP contribution is -2.24. The number of aryl methyl sites for hydroxylation is 2. The van der Waals surface area contributed by atoms with Crippen LogP contribution in [0.3, 0.4) is 0 Å². The minimum atomic E-state index is 0.0188. The first-order valence-electron chi connectivity index (χ1n) is 7.18. The first-order valence-corrected chi connectivity index (χ1v) is 8.00. The van der Waals surface area contributed by atoms with Crippen molar-refractivity contribution < 1.29 is 9.84 Å². The van der Waals surface area contributed by atoms with Gasteiger partial charge in [-0.3, -0.25) is 0 Å². The summed E-state index contributed by atoms with van der Waals surface area (Å²) >= 11 is 1.56. The highest BCUT2D eigenvalue weighted by Gasteiger charge is 2.22. The van der Waals surface area contributed by atoms with Crippen molar-refractivity contribution in [3.8, 4) is 0 Å². The van der Waals surface area contributed by atoms with Crippen LogP contribution in [0.15, 0.2) is 18.2 Å². The lowest BCUT2D eigenvalue weighted by Gasteiger charge is -2.29. The predicted molar refractivity (Wildman–Crippen MR) is 85.3 cm³/mol. The van der Waals surface area contributed by atoms with E-state index in [0.717, 1.165) is 35.1 Å². The number of rotatable bonds is 4. The van der Waals surface area contributed by atoms with Crippen molar-refractivity contribution in [2.24, 2.45) is 0 Å². The average Bonchev–Trinajstić information content (AvgIpc) is 2.89. The Morgan fingerprint density at radius 1 is 1.43 bits per heavy atom. The molecule has 3 rings (SSSR count). The maximum absolute atomic E-state index is 9.48. The molecule has 5 heteroatoms. The minimum Gasteiger partial charge on any atom is -0.391 e. The SMILES string of the molecule is COCc1nc(N2CCCc3cc(C)ccc32)sc1CO. The van der Waals surface area contributed by atoms with Crippen LogP contribution in [0.1, 0.15) is 28.1 Å². The Morgan fingerprint density at radius 2 is 2.29 bits per heavy atom. The third-order valence-electron chi connectivity index (χ3n) is 3.78. The van der Waals surface area contributed by atoms with Crippen molar-refractivity contribution in [3.63, 3.8) is 0 Å². The van der Waals surface area contributed by atoms with Crippen molar-refractivity contribution in [3.05, 3.63) is 39.9 Å². The van der Waals surface area contributed by atoms with Gasteiger partial charge >= 0.3 is 0 Å². The molecule has 21 heavy (non-hydrogen) atoms. The van der Waals surface area contributed by atoms with Gasteiger partial charge in [0.25, 0.3) is 0 Å². The molecule has 1 aliphatic heterocycles. The molecule has 4 nitrogen and oxygen atoms in total. The number of benzene rings is 1. The van der Waals surface area contributed by atoms with Gasteiger partial charge in [-0.2, -0.15) is 0 Å². The lowest BCUT2D eigenvalue weighted by molar-refractivity contribution is 0.179. The van der Waals surface area contributed by atoms with Gasteiger partial charge in [-0.25, -0.2) is 4.98 Å². The molecule has 2 heterocycles. The van der Waals surface area contributed by atoms with Crippen LogP contribution < -0.4 is 4.90 Å². The van der Waals surface area contributed by atoms with Gasteiger partial charge in [0.1, 0.15) is 0 Å². The summed E-state index contributed by atoms with van der Waals surface area (Å²) in [6.45, 7) is 3.57. The highest BCUT2D eigenvalue weighted by molar-refractivity contribution is 7.15. The molecular formula is C16H20N2O2S. The predicted octanol–water partition coefficient (Wildman–Crippen LogP) is 3.17. The normalized spacial score (nSPS) is 14.3. The fourth-order valence-electron chi connectivity index (χ4n) is 2.78. The number of hydrogen-bond donors (Lipinski definition) is 1. The fraction of sp³-hybridized carbons (Fsp3) is 0.438. The summed E-state index contributed by atoms with van der Waals surface area (Å²) in [5, 5.41) is 10.4. The topological polar surface area (TPSA) is 45.6 Å². The summed E-state index contributed by atoms with van der Waals surface area (Å²) in [7, 11) is 1.65. The fourth-order valence-corrected chi connectivity index (χ4v) is 3.75. The van der Waals surface area contributed by atoms with Crippen LogP contribution in [0.5, 0.6) is 0 Å². The summed E-state index contributed by atoms with van der Waals surface area (Å²) in [4.78, 5) is 7.83. The van der Waals surface area contributed by atoms with Gasteiger partial charge in [-0.15, -0.1) is 0 Å². The van der Waals surface area contributed by atoms with Crippen LogP contribution in [0.2, 0.25) is 0 Å². The summed E-state index contributed by atoms with van der Waals surface area (Å²) < 4.78 is 5.17. The van der Waals surface area contributed by atoms with Crippen LogP contribution in [-0.4, -0.2) is 23.7 Å². The highest BCUT2D eigenvalue weighted by Crippen LogP contribution is 2.37. The summed E-state index contributed by atoms with van der Waals surface area (Å²) in [6, 6.07) is 6.59. The van der Waals surface area contributed by atoms with Crippen molar-refractivity contribution in [1.82, 2.24) is 4.98 Å². The second-order valence-corrected chi connectivity index (χ2v) is 6.41. The van der Waals surface area contributed by atoms with Gasteiger partial charge < -0.3 is 14.7 Å². The van der Waals surface area contributed by atoms with Gasteiger partial charge in [0.15, 0.2) is 5.13 Å². The Hall–Kier alpha value is -1.43. The number of methoxy groups -OCH3 is 1. The standard InChI is InChI=1S/C16H20N2O2S/c1-11-5-6-14-12(8-11)4-3-7-18(14)16-17-13(10-20-2)15(9-19)21-16/h5-6,8,19H,3-4,7,9-10H2,1-2H3. The molecule has 0 spiro atoms. The van der Waals surface area contributed by atoms with Crippen LogP contribution >= 0.6 is 11.3 Å². The third kappa shape index (κ3) is 2.81. The van der Waals surface area contributed by atoms with E-state index in [1.54, 1.807) is 18.4 Å². The zero-order valence-corrected chi connectivity index (χ0v) is 13.2. The third-order valence-corrected chi connectivity index (χ3v) is 4.88. The molecule has 0 aliphatic carbocycles. The number of aliphatic hydroxyl groups is 1. The number of thiazole rings is 1. The first-order chi connectivity index (χ1) is 10.2. The molecule has 0 amide bonds. The summed E-state index contributed by atoms with van der Waals surface area (Å²) in [5.74, 6) is 0. The maximum Gasteiger partial charge on any atom is 0.190 e. The van der Waals surface area contributed by atoms with Crippen LogP contribution in [-0.2, 0) is 24.4 Å². The Balaban J connectivity index is 1.98. The van der Waals surface area contributed by atoms with Crippen molar-refractivity contribution in [1.29, 1.82) is 0 Å². The highest BCUT2D eigenvalue weighted by atomic mass is 32.1. The Bertz CT molecular complexity index is 639. The van der Waals surface area contributed by atoms with Gasteiger partial charge in [0.05, 0.1) is 23.8 Å². The molecule has 0 unspecified atom stereocenters. The van der Waals surface area contributed by atoms with E-state index in [0.29, 0.717) is 6.61 Å². The minimum absolute atomic E-state index is 0.0188. The zero-order chi connectivity index (χ0) is 14.8. The molecule has 0 radical (unpaired) electrons. The second kappa shape index (κ2) is 6.13. The van der Waals surface area contributed by atoms with Gasteiger partial charge in [0, 0.05) is 19.3 Å². The second-order valence-electron chi connectivity index (χ2n) is 5.34. The quantitative estimate of drug-likeness (QED) is 0.942. The van der Waals surface area contributed by atoms with Gasteiger partial charge in [-0.05, 0) is 31.4 Å². The van der Waals surface area contributed by atoms with E-state index in [1.165, 1.54) is 16.8 Å². The van der Waals surface area contributed by atoms with E-state index in [4.69, 9.17) is 4.74 Å². The Morgan fingerprint density at radius 3 is 3.05 bits per heavy atom. The zero-order valence-electron chi connectivity index (χ0n) is 12.4. The molecule has 0 saturated carbocycles. The molecule has 112 valence electrons. The van der Waals surface area contributed by atoms with Crippen molar-refractivity contribution in [2.45, 2.75) is 33.0 Å². The number of aliphatic hydroxyl groups excluding tert-OH is 1. The maximum atomic E-state index is 9.48. The number of nitrogens with zero attached hydrogens (tertiary/aromatic N) is 2. The van der Waals surface area contributed by atoms with E-state index in [2.05, 4.69) is 35.0 Å². The number of ether oxygens (including phenoxy) is 1. The summed E-state index contributed by atoms with van der Waals surface area (Å²) in [6.07, 6.45) is 2.25. The first kappa shape index (κ1) is 14.5. The number of aromatic nitrogens is 1. The smallest absolute Gasteiger partial charge is 0.190 e. The van der Waals surface area contributed by atoms with E-state index in [1.807, 2.05) is 0 Å². The van der Waals surface area contributed by atoms with Crippen molar-refractivity contribution >= 4 is 22.2 Å². The Kier molecular flexibility index (Phi) is 4.24. The lowest BCUT2D eigenvalue weighted by atomic mass is 10.00. The van der Waals surface area contributed by atoms with Crippen molar-refractivity contribution in [2.75, 3.05) is 18.6 Å². The molecule has 0 atom stereocenters. The molecule has 1 aliphatic rings. The summed E-state index contributed by atoms with van der Waals surface area (Å²) in [5.41, 5.74) is 4.77. The largest absolute Gasteiger partial charge is 0.391 e. The Labute approximate surface area is 129 Å². The van der Waals surface area contributed by atoms with Gasteiger partial charge in [-0.1, -0.05) is 29.0 Å². The average molecular weight is 304 g/mol. The van der Waals surface area contributed by atoms with E-state index in [-0.39, 0.29) is 6.61 Å². The molecule has 0 saturated heterocycles. The molecule has 1 aromatic carbocycles. The van der Waals surface area contributed by atoms with E-state index < -0.39 is 0 Å². The molecular weight excluding hydrogens is 284 g/mol.